The summed E-state index contributed by atoms with van der Waals surface area (Å²) in [7, 11) is 1.73. The molecule has 1 aromatic heterocycles. The van der Waals surface area contributed by atoms with Crippen molar-refractivity contribution in [2.45, 2.75) is 6.61 Å². The quantitative estimate of drug-likeness (QED) is 0.936. The van der Waals surface area contributed by atoms with Gasteiger partial charge in [-0.1, -0.05) is 0 Å². The average Bonchev–Trinajstić information content (AvgIpc) is 2.38. The summed E-state index contributed by atoms with van der Waals surface area (Å²) >= 11 is 3.04. The molecule has 0 aliphatic heterocycles. The molecule has 19 heavy (non-hydrogen) atoms. The summed E-state index contributed by atoms with van der Waals surface area (Å²) in [4.78, 5) is 8.13. The zero-order valence-electron chi connectivity index (χ0n) is 9.95. The molecule has 2 aromatic rings. The zero-order chi connectivity index (χ0) is 13.8. The predicted molar refractivity (Wildman–Crippen MR) is 70.0 cm³/mol. The van der Waals surface area contributed by atoms with Crippen LogP contribution in [0.2, 0.25) is 0 Å². The number of anilines is 1. The Labute approximate surface area is 117 Å². The average molecular weight is 330 g/mol. The fourth-order valence-electron chi connectivity index (χ4n) is 1.37. The summed E-state index contributed by atoms with van der Waals surface area (Å²) in [5.41, 5.74) is 0.537. The summed E-state index contributed by atoms with van der Waals surface area (Å²) in [6.45, 7) is 0.0398. The molecule has 1 aromatic carbocycles. The number of halogens is 3. The number of benzene rings is 1. The summed E-state index contributed by atoms with van der Waals surface area (Å²) < 4.78 is 31.9. The van der Waals surface area contributed by atoms with Gasteiger partial charge in [-0.25, -0.2) is 13.8 Å². The monoisotopic (exact) mass is 329 g/mol. The molecular weight excluding hydrogens is 320 g/mol. The van der Waals surface area contributed by atoms with Gasteiger partial charge in [-0.05, 0) is 22.0 Å². The topological polar surface area (TPSA) is 47.0 Å². The van der Waals surface area contributed by atoms with Gasteiger partial charge < -0.3 is 10.1 Å². The molecule has 0 radical (unpaired) electrons. The minimum absolute atomic E-state index is 0.0398. The molecule has 0 saturated carbocycles. The molecule has 0 amide bonds. The number of ether oxygens (including phenoxy) is 1. The standard InChI is InChI=1S/C12H10BrF2N3O/c1-16-11-5-17-8(4-18-11)6-19-12-9(13)2-7(14)3-10(12)15/h2-5H,6H2,1H3,(H,16,18). The van der Waals surface area contributed by atoms with E-state index in [4.69, 9.17) is 4.74 Å². The third-order valence-electron chi connectivity index (χ3n) is 2.29. The maximum Gasteiger partial charge on any atom is 0.169 e. The highest BCUT2D eigenvalue weighted by molar-refractivity contribution is 9.10. The Kier molecular flexibility index (Phi) is 4.26. The smallest absolute Gasteiger partial charge is 0.169 e. The molecule has 0 aliphatic rings. The Morgan fingerprint density at radius 1 is 1.26 bits per heavy atom. The molecule has 0 fully saturated rings. The van der Waals surface area contributed by atoms with Gasteiger partial charge in [0.05, 0.1) is 22.6 Å². The molecular formula is C12H10BrF2N3O. The van der Waals surface area contributed by atoms with Crippen LogP contribution in [0.4, 0.5) is 14.6 Å². The normalized spacial score (nSPS) is 10.3. The molecule has 0 aliphatic carbocycles. The molecule has 0 atom stereocenters. The van der Waals surface area contributed by atoms with Crippen LogP contribution in [0.1, 0.15) is 5.69 Å². The van der Waals surface area contributed by atoms with Crippen LogP contribution < -0.4 is 10.1 Å². The Morgan fingerprint density at radius 3 is 2.63 bits per heavy atom. The van der Waals surface area contributed by atoms with Crippen LogP contribution in [0.25, 0.3) is 0 Å². The van der Waals surface area contributed by atoms with Crippen molar-refractivity contribution in [3.8, 4) is 5.75 Å². The number of nitrogens with one attached hydrogen (secondary N) is 1. The van der Waals surface area contributed by atoms with Crippen LogP contribution in [0.3, 0.4) is 0 Å². The Hall–Kier alpha value is -1.76. The lowest BCUT2D eigenvalue weighted by atomic mass is 10.3. The molecule has 1 heterocycles. The van der Waals surface area contributed by atoms with Gasteiger partial charge in [-0.2, -0.15) is 0 Å². The molecule has 1 N–H and O–H groups in total. The van der Waals surface area contributed by atoms with Gasteiger partial charge in [0, 0.05) is 13.1 Å². The highest BCUT2D eigenvalue weighted by atomic mass is 79.9. The van der Waals surface area contributed by atoms with Crippen LogP contribution in [-0.2, 0) is 6.61 Å². The summed E-state index contributed by atoms with van der Waals surface area (Å²) in [6, 6.07) is 1.89. The third-order valence-corrected chi connectivity index (χ3v) is 2.88. The van der Waals surface area contributed by atoms with Gasteiger partial charge >= 0.3 is 0 Å². The SMILES string of the molecule is CNc1cnc(COc2c(F)cc(F)cc2Br)cn1. The van der Waals surface area contributed by atoms with Gasteiger partial charge in [-0.3, -0.25) is 4.98 Å². The van der Waals surface area contributed by atoms with Crippen LogP contribution in [0.5, 0.6) is 5.75 Å². The first-order chi connectivity index (χ1) is 9.10. The third kappa shape index (κ3) is 3.37. The maximum absolute atomic E-state index is 13.5. The number of hydrogen-bond acceptors (Lipinski definition) is 4. The summed E-state index contributed by atoms with van der Waals surface area (Å²) in [5, 5.41) is 2.83. The highest BCUT2D eigenvalue weighted by Gasteiger charge is 2.11. The molecule has 0 saturated heterocycles. The molecule has 0 spiro atoms. The predicted octanol–water partition coefficient (Wildman–Crippen LogP) is 3.14. The van der Waals surface area contributed by atoms with E-state index in [1.807, 2.05) is 0 Å². The Balaban J connectivity index is 2.10. The first-order valence-corrected chi connectivity index (χ1v) is 6.15. The van der Waals surface area contributed by atoms with Gasteiger partial charge in [0.25, 0.3) is 0 Å². The van der Waals surface area contributed by atoms with Crippen molar-refractivity contribution in [3.63, 3.8) is 0 Å². The van der Waals surface area contributed by atoms with E-state index < -0.39 is 11.6 Å². The highest BCUT2D eigenvalue weighted by Crippen LogP contribution is 2.29. The molecule has 7 heteroatoms. The van der Waals surface area contributed by atoms with E-state index in [2.05, 4.69) is 31.2 Å². The Morgan fingerprint density at radius 2 is 2.05 bits per heavy atom. The minimum Gasteiger partial charge on any atom is -0.483 e. The van der Waals surface area contributed by atoms with Gasteiger partial charge in [0.2, 0.25) is 0 Å². The fourth-order valence-corrected chi connectivity index (χ4v) is 1.89. The number of rotatable bonds is 4. The van der Waals surface area contributed by atoms with E-state index >= 15 is 0 Å². The molecule has 2 rings (SSSR count). The van der Waals surface area contributed by atoms with Crippen LogP contribution in [0.15, 0.2) is 29.0 Å². The number of hydrogen-bond donors (Lipinski definition) is 1. The van der Waals surface area contributed by atoms with Crippen molar-refractivity contribution >= 4 is 21.7 Å². The van der Waals surface area contributed by atoms with Crippen molar-refractivity contribution in [3.05, 3.63) is 46.3 Å². The van der Waals surface area contributed by atoms with Crippen LogP contribution >= 0.6 is 15.9 Å². The van der Waals surface area contributed by atoms with Crippen LogP contribution in [0, 0.1) is 11.6 Å². The van der Waals surface area contributed by atoms with Gasteiger partial charge in [0.15, 0.2) is 11.6 Å². The first-order valence-electron chi connectivity index (χ1n) is 5.36. The van der Waals surface area contributed by atoms with Crippen molar-refractivity contribution in [2.75, 3.05) is 12.4 Å². The van der Waals surface area contributed by atoms with E-state index in [0.29, 0.717) is 11.5 Å². The summed E-state index contributed by atoms with van der Waals surface area (Å²) in [6.07, 6.45) is 3.05. The van der Waals surface area contributed by atoms with E-state index in [0.717, 1.165) is 12.1 Å². The lowest BCUT2D eigenvalue weighted by Crippen LogP contribution is -2.02. The zero-order valence-corrected chi connectivity index (χ0v) is 11.5. The van der Waals surface area contributed by atoms with Crippen molar-refractivity contribution in [1.82, 2.24) is 9.97 Å². The molecule has 4 nitrogen and oxygen atoms in total. The fraction of sp³-hybridized carbons (Fsp3) is 0.167. The second-order valence-corrected chi connectivity index (χ2v) is 4.48. The van der Waals surface area contributed by atoms with Crippen molar-refractivity contribution in [2.24, 2.45) is 0 Å². The molecule has 0 bridgehead atoms. The van der Waals surface area contributed by atoms with Crippen LogP contribution in [-0.4, -0.2) is 17.0 Å². The maximum atomic E-state index is 13.5. The van der Waals surface area contributed by atoms with E-state index in [-0.39, 0.29) is 16.8 Å². The minimum atomic E-state index is -0.772. The molecule has 0 unspecified atom stereocenters. The molecule has 100 valence electrons. The second kappa shape index (κ2) is 5.92. The van der Waals surface area contributed by atoms with E-state index in [1.54, 1.807) is 7.05 Å². The summed E-state index contributed by atoms with van der Waals surface area (Å²) in [5.74, 6) is -0.875. The Bertz CT molecular complexity index is 555. The lowest BCUT2D eigenvalue weighted by molar-refractivity contribution is 0.282. The van der Waals surface area contributed by atoms with E-state index in [1.165, 1.54) is 12.4 Å². The largest absolute Gasteiger partial charge is 0.483 e. The second-order valence-electron chi connectivity index (χ2n) is 3.63. The van der Waals surface area contributed by atoms with Gasteiger partial charge in [0.1, 0.15) is 18.2 Å². The first kappa shape index (κ1) is 13.7. The lowest BCUT2D eigenvalue weighted by Gasteiger charge is -2.09. The van der Waals surface area contributed by atoms with Crippen molar-refractivity contribution in [1.29, 1.82) is 0 Å². The van der Waals surface area contributed by atoms with Crippen molar-refractivity contribution < 1.29 is 13.5 Å². The number of nitrogens with zero attached hydrogens (tertiary/aromatic N) is 2. The van der Waals surface area contributed by atoms with Gasteiger partial charge in [-0.15, -0.1) is 0 Å². The van der Waals surface area contributed by atoms with E-state index in [9.17, 15) is 8.78 Å². The number of aromatic nitrogens is 2.